The Labute approximate surface area is 220 Å². The highest BCUT2D eigenvalue weighted by atomic mass is 16.7. The summed E-state index contributed by atoms with van der Waals surface area (Å²) in [5.41, 5.74) is 0. The number of hydrogen-bond donors (Lipinski definition) is 4. The first-order valence-electron chi connectivity index (χ1n) is 14.9. The molecule has 1 rings (SSSR count). The molecule has 7 heteroatoms. The van der Waals surface area contributed by atoms with E-state index in [0.29, 0.717) is 12.8 Å². The Morgan fingerprint density at radius 3 is 1.64 bits per heavy atom. The third kappa shape index (κ3) is 17.7. The highest BCUT2D eigenvalue weighted by Gasteiger charge is 2.35. The fourth-order valence-corrected chi connectivity index (χ4v) is 4.95. The monoisotopic (exact) mass is 516 g/mol. The molecular weight excluding hydrogens is 460 g/mol. The van der Waals surface area contributed by atoms with Gasteiger partial charge in [-0.2, -0.15) is 0 Å². The third-order valence-corrected chi connectivity index (χ3v) is 7.36. The Bertz CT molecular complexity index is 530. The number of carboxylic acids is 1. The van der Waals surface area contributed by atoms with E-state index in [1.165, 1.54) is 83.5 Å². The van der Waals surface area contributed by atoms with Gasteiger partial charge in [-0.25, -0.2) is 0 Å². The van der Waals surface area contributed by atoms with Crippen LogP contribution in [0.25, 0.3) is 0 Å². The topological polar surface area (TPSA) is 116 Å². The molecule has 214 valence electrons. The number of ether oxygens (including phenoxy) is 2. The van der Waals surface area contributed by atoms with Gasteiger partial charge in [0.25, 0.3) is 0 Å². The molecule has 0 saturated carbocycles. The van der Waals surface area contributed by atoms with Crippen LogP contribution >= 0.6 is 0 Å². The molecule has 1 aliphatic rings. The summed E-state index contributed by atoms with van der Waals surface area (Å²) in [5.74, 6) is -0.919. The maximum atomic E-state index is 10.5. The van der Waals surface area contributed by atoms with Crippen molar-refractivity contribution in [3.8, 4) is 0 Å². The van der Waals surface area contributed by atoms with Crippen LogP contribution in [0.1, 0.15) is 142 Å². The van der Waals surface area contributed by atoms with Crippen LogP contribution in [0.2, 0.25) is 0 Å². The largest absolute Gasteiger partial charge is 0.481 e. The molecule has 0 aromatic heterocycles. The zero-order chi connectivity index (χ0) is 26.6. The van der Waals surface area contributed by atoms with Crippen LogP contribution in [-0.2, 0) is 14.3 Å². The van der Waals surface area contributed by atoms with Gasteiger partial charge in [-0.3, -0.25) is 4.79 Å². The molecule has 0 aromatic carbocycles. The van der Waals surface area contributed by atoms with Gasteiger partial charge in [0, 0.05) is 6.42 Å². The summed E-state index contributed by atoms with van der Waals surface area (Å²) in [6, 6.07) is 0. The average Bonchev–Trinajstić information content (AvgIpc) is 2.81. The average molecular weight is 517 g/mol. The Kier molecular flexibility index (Phi) is 19.6. The SMILES string of the molecule is CC(CCCCCCCCCCCCCCCCCCC(O)CC(=O)O)OC1OC(C)C(O)CC1O. The predicted octanol–water partition coefficient (Wildman–Crippen LogP) is 6.11. The summed E-state index contributed by atoms with van der Waals surface area (Å²) < 4.78 is 11.5. The second-order valence-corrected chi connectivity index (χ2v) is 11.0. The first-order valence-corrected chi connectivity index (χ1v) is 14.9. The van der Waals surface area contributed by atoms with Gasteiger partial charge in [0.1, 0.15) is 6.10 Å². The van der Waals surface area contributed by atoms with E-state index < -0.39 is 30.6 Å². The standard InChI is InChI=1S/C29H56O7/c1-23(35-29-27(32)22-26(31)24(2)36-29)19-17-15-13-11-9-7-5-3-4-6-8-10-12-14-16-18-20-25(30)21-28(33)34/h23-27,29-32H,3-22H2,1-2H3,(H,33,34). The van der Waals surface area contributed by atoms with E-state index in [4.69, 9.17) is 14.6 Å². The van der Waals surface area contributed by atoms with Gasteiger partial charge in [-0.05, 0) is 26.7 Å². The Morgan fingerprint density at radius 1 is 0.778 bits per heavy atom. The van der Waals surface area contributed by atoms with Crippen LogP contribution in [0.15, 0.2) is 0 Å². The van der Waals surface area contributed by atoms with Crippen molar-refractivity contribution in [3.05, 3.63) is 0 Å². The molecule has 1 heterocycles. The lowest BCUT2D eigenvalue weighted by Gasteiger charge is -2.36. The summed E-state index contributed by atoms with van der Waals surface area (Å²) in [6.07, 6.45) is 18.9. The zero-order valence-corrected chi connectivity index (χ0v) is 23.1. The summed E-state index contributed by atoms with van der Waals surface area (Å²) in [5, 5.41) is 37.9. The number of unbranched alkanes of at least 4 members (excludes halogenated alkanes) is 15. The van der Waals surface area contributed by atoms with E-state index in [2.05, 4.69) is 0 Å². The molecule has 1 aliphatic heterocycles. The van der Waals surface area contributed by atoms with Crippen LogP contribution in [0.5, 0.6) is 0 Å². The molecule has 7 nitrogen and oxygen atoms in total. The van der Waals surface area contributed by atoms with Crippen molar-refractivity contribution in [1.29, 1.82) is 0 Å². The molecule has 4 N–H and O–H groups in total. The van der Waals surface area contributed by atoms with Gasteiger partial charge in [0.2, 0.25) is 0 Å². The number of carboxylic acid groups (broad SMARTS) is 1. The van der Waals surface area contributed by atoms with Crippen molar-refractivity contribution >= 4 is 5.97 Å². The lowest BCUT2D eigenvalue weighted by Crippen LogP contribution is -2.48. The van der Waals surface area contributed by atoms with Gasteiger partial charge in [-0.1, -0.05) is 103 Å². The molecule has 0 radical (unpaired) electrons. The fraction of sp³-hybridized carbons (Fsp3) is 0.966. The fourth-order valence-electron chi connectivity index (χ4n) is 4.95. The molecule has 1 saturated heterocycles. The minimum atomic E-state index is -0.919. The Morgan fingerprint density at radius 2 is 1.19 bits per heavy atom. The van der Waals surface area contributed by atoms with Crippen molar-refractivity contribution < 1.29 is 34.7 Å². The number of aliphatic carboxylic acids is 1. The van der Waals surface area contributed by atoms with Gasteiger partial charge in [-0.15, -0.1) is 0 Å². The quantitative estimate of drug-likeness (QED) is 0.121. The van der Waals surface area contributed by atoms with Crippen LogP contribution in [0, 0.1) is 0 Å². The first kappa shape index (κ1) is 33.3. The van der Waals surface area contributed by atoms with Crippen LogP contribution in [0.4, 0.5) is 0 Å². The van der Waals surface area contributed by atoms with Crippen LogP contribution in [-0.4, -0.2) is 63.2 Å². The van der Waals surface area contributed by atoms with E-state index in [9.17, 15) is 20.1 Å². The van der Waals surface area contributed by atoms with Crippen molar-refractivity contribution in [2.45, 2.75) is 179 Å². The molecule has 6 atom stereocenters. The molecule has 0 spiro atoms. The molecule has 0 amide bonds. The Balaban J connectivity index is 1.78. The zero-order valence-electron chi connectivity index (χ0n) is 23.1. The highest BCUT2D eigenvalue weighted by molar-refractivity contribution is 5.67. The number of carbonyl (C=O) groups is 1. The second-order valence-electron chi connectivity index (χ2n) is 11.0. The van der Waals surface area contributed by atoms with Gasteiger partial charge in [0.15, 0.2) is 6.29 Å². The predicted molar refractivity (Wildman–Crippen MR) is 143 cm³/mol. The molecule has 0 aliphatic carbocycles. The minimum Gasteiger partial charge on any atom is -0.481 e. The molecule has 36 heavy (non-hydrogen) atoms. The molecule has 0 bridgehead atoms. The van der Waals surface area contributed by atoms with Crippen molar-refractivity contribution in [1.82, 2.24) is 0 Å². The van der Waals surface area contributed by atoms with E-state index in [0.717, 1.165) is 25.7 Å². The number of rotatable bonds is 23. The summed E-state index contributed by atoms with van der Waals surface area (Å²) in [4.78, 5) is 10.5. The van der Waals surface area contributed by atoms with Gasteiger partial charge >= 0.3 is 5.97 Å². The number of aliphatic hydroxyl groups is 3. The highest BCUT2D eigenvalue weighted by Crippen LogP contribution is 2.23. The van der Waals surface area contributed by atoms with Crippen molar-refractivity contribution in [3.63, 3.8) is 0 Å². The van der Waals surface area contributed by atoms with Crippen LogP contribution < -0.4 is 0 Å². The maximum Gasteiger partial charge on any atom is 0.305 e. The lowest BCUT2D eigenvalue weighted by molar-refractivity contribution is -0.273. The third-order valence-electron chi connectivity index (χ3n) is 7.36. The first-order chi connectivity index (χ1) is 17.3. The summed E-state index contributed by atoms with van der Waals surface area (Å²) in [6.45, 7) is 3.85. The van der Waals surface area contributed by atoms with E-state index in [1.54, 1.807) is 0 Å². The van der Waals surface area contributed by atoms with Crippen molar-refractivity contribution in [2.24, 2.45) is 0 Å². The smallest absolute Gasteiger partial charge is 0.305 e. The molecule has 0 aromatic rings. The number of hydrogen-bond acceptors (Lipinski definition) is 6. The normalized spacial score (nSPS) is 24.0. The van der Waals surface area contributed by atoms with Crippen molar-refractivity contribution in [2.75, 3.05) is 0 Å². The Hall–Kier alpha value is -0.730. The molecule has 6 unspecified atom stereocenters. The van der Waals surface area contributed by atoms with Gasteiger partial charge in [0.05, 0.1) is 30.8 Å². The lowest BCUT2D eigenvalue weighted by atomic mass is 10.0. The maximum absolute atomic E-state index is 10.5. The van der Waals surface area contributed by atoms with Crippen LogP contribution in [0.3, 0.4) is 0 Å². The van der Waals surface area contributed by atoms with E-state index in [-0.39, 0.29) is 18.6 Å². The second kappa shape index (κ2) is 21.2. The van der Waals surface area contributed by atoms with E-state index in [1.807, 2.05) is 13.8 Å². The minimum absolute atomic E-state index is 0.0524. The van der Waals surface area contributed by atoms with E-state index >= 15 is 0 Å². The van der Waals surface area contributed by atoms with Gasteiger partial charge < -0.3 is 29.9 Å². The number of aliphatic hydroxyl groups excluding tert-OH is 3. The molecular formula is C29H56O7. The summed E-state index contributed by atoms with van der Waals surface area (Å²) in [7, 11) is 0. The molecule has 1 fully saturated rings. The summed E-state index contributed by atoms with van der Waals surface area (Å²) >= 11 is 0.